The zero-order valence-electron chi connectivity index (χ0n) is 15.8. The Hall–Kier alpha value is -1.23. The molecule has 2 heterocycles. The summed E-state index contributed by atoms with van der Waals surface area (Å²) in [5.41, 5.74) is 0. The van der Waals surface area contributed by atoms with Gasteiger partial charge in [-0.05, 0) is 24.3 Å². The highest BCUT2D eigenvalue weighted by atomic mass is 32.2. The predicted molar refractivity (Wildman–Crippen MR) is 101 cm³/mol. The van der Waals surface area contributed by atoms with Gasteiger partial charge in [-0.1, -0.05) is 0 Å². The van der Waals surface area contributed by atoms with Crippen LogP contribution in [0.2, 0.25) is 0 Å². The third-order valence-corrected chi connectivity index (χ3v) is 6.98. The Morgan fingerprint density at radius 3 is 2.11 bits per heavy atom. The van der Waals surface area contributed by atoms with Crippen LogP contribution in [0.1, 0.15) is 0 Å². The maximum Gasteiger partial charge on any atom is 0.243 e. The highest BCUT2D eigenvalue weighted by Gasteiger charge is 2.29. The summed E-state index contributed by atoms with van der Waals surface area (Å²) >= 11 is 0. The minimum Gasteiger partial charge on any atom is -0.497 e. The van der Waals surface area contributed by atoms with Crippen molar-refractivity contribution in [2.45, 2.75) is 11.0 Å². The zero-order valence-corrected chi connectivity index (χ0v) is 16.6. The molecule has 1 aromatic rings. The van der Waals surface area contributed by atoms with Crippen LogP contribution in [0.15, 0.2) is 29.2 Å². The van der Waals surface area contributed by atoms with Gasteiger partial charge in [0.1, 0.15) is 5.75 Å². The molecule has 0 bridgehead atoms. The molecule has 0 saturated carbocycles. The molecule has 8 nitrogen and oxygen atoms in total. The molecule has 0 amide bonds. The van der Waals surface area contributed by atoms with Crippen molar-refractivity contribution in [3.63, 3.8) is 0 Å². The van der Waals surface area contributed by atoms with Gasteiger partial charge >= 0.3 is 0 Å². The van der Waals surface area contributed by atoms with Crippen LogP contribution >= 0.6 is 0 Å². The molecular formula is C18H29N3O5S. The van der Waals surface area contributed by atoms with E-state index >= 15 is 0 Å². The molecule has 0 aliphatic carbocycles. The topological polar surface area (TPSA) is 82.6 Å². The molecule has 152 valence electrons. The molecule has 1 aromatic carbocycles. The van der Waals surface area contributed by atoms with Crippen LogP contribution in [0.25, 0.3) is 0 Å². The molecule has 2 aliphatic rings. The Bertz CT molecular complexity index is 683. The molecule has 2 aliphatic heterocycles. The lowest BCUT2D eigenvalue weighted by molar-refractivity contribution is 0.00469. The largest absolute Gasteiger partial charge is 0.497 e. The van der Waals surface area contributed by atoms with Crippen LogP contribution in [0, 0.1) is 0 Å². The fraction of sp³-hybridized carbons (Fsp3) is 0.667. The molecule has 0 unspecified atom stereocenters. The highest BCUT2D eigenvalue weighted by Crippen LogP contribution is 2.20. The Kier molecular flexibility index (Phi) is 7.07. The second kappa shape index (κ2) is 9.31. The van der Waals surface area contributed by atoms with Gasteiger partial charge in [0.25, 0.3) is 0 Å². The number of piperazine rings is 1. The van der Waals surface area contributed by atoms with Crippen molar-refractivity contribution in [2.75, 3.05) is 72.7 Å². The minimum absolute atomic E-state index is 0.282. The summed E-state index contributed by atoms with van der Waals surface area (Å²) in [6.45, 7) is 6.43. The number of methoxy groups -OCH3 is 1. The maximum absolute atomic E-state index is 12.8. The first-order chi connectivity index (χ1) is 13.0. The molecular weight excluding hydrogens is 370 g/mol. The minimum atomic E-state index is -3.50. The number of hydrogen-bond acceptors (Lipinski definition) is 7. The van der Waals surface area contributed by atoms with Crippen molar-refractivity contribution in [3.05, 3.63) is 24.3 Å². The van der Waals surface area contributed by atoms with Crippen LogP contribution < -0.4 is 4.74 Å². The van der Waals surface area contributed by atoms with Gasteiger partial charge in [-0.15, -0.1) is 0 Å². The van der Waals surface area contributed by atoms with E-state index in [4.69, 9.17) is 9.47 Å². The van der Waals surface area contributed by atoms with Crippen molar-refractivity contribution >= 4 is 10.0 Å². The average molecular weight is 400 g/mol. The van der Waals surface area contributed by atoms with Crippen LogP contribution in [0.4, 0.5) is 0 Å². The number of sulfonamides is 1. The average Bonchev–Trinajstić information content (AvgIpc) is 2.69. The number of benzene rings is 1. The number of nitrogens with zero attached hydrogens (tertiary/aromatic N) is 3. The number of aliphatic hydroxyl groups excluding tert-OH is 1. The van der Waals surface area contributed by atoms with Gasteiger partial charge in [0.2, 0.25) is 10.0 Å². The third kappa shape index (κ3) is 5.40. The van der Waals surface area contributed by atoms with E-state index in [0.717, 1.165) is 13.1 Å². The first-order valence-corrected chi connectivity index (χ1v) is 10.8. The van der Waals surface area contributed by atoms with Gasteiger partial charge in [-0.25, -0.2) is 8.42 Å². The third-order valence-electron chi connectivity index (χ3n) is 5.07. The van der Waals surface area contributed by atoms with Gasteiger partial charge in [0.15, 0.2) is 0 Å². The Labute approximate surface area is 161 Å². The van der Waals surface area contributed by atoms with Gasteiger partial charge < -0.3 is 14.6 Å². The van der Waals surface area contributed by atoms with Crippen molar-refractivity contribution in [2.24, 2.45) is 0 Å². The molecule has 27 heavy (non-hydrogen) atoms. The van der Waals surface area contributed by atoms with E-state index in [1.54, 1.807) is 31.4 Å². The normalized spacial score (nSPS) is 21.9. The van der Waals surface area contributed by atoms with E-state index in [9.17, 15) is 13.5 Å². The molecule has 1 N–H and O–H groups in total. The van der Waals surface area contributed by atoms with E-state index in [1.807, 2.05) is 0 Å². The molecule has 0 aromatic heterocycles. The Balaban J connectivity index is 1.48. The first-order valence-electron chi connectivity index (χ1n) is 9.34. The smallest absolute Gasteiger partial charge is 0.243 e. The molecule has 1 atom stereocenters. The SMILES string of the molecule is COc1ccc(S(=O)(=O)N2CCN(C[C@@H](O)CN3CCOCC3)CC2)cc1. The number of rotatable bonds is 7. The predicted octanol–water partition coefficient (Wildman–Crippen LogP) is -0.305. The first kappa shape index (κ1) is 20.5. The quantitative estimate of drug-likeness (QED) is 0.674. The summed E-state index contributed by atoms with van der Waals surface area (Å²) in [5.74, 6) is 0.632. The number of aliphatic hydroxyl groups is 1. The summed E-state index contributed by atoms with van der Waals surface area (Å²) in [4.78, 5) is 4.62. The van der Waals surface area contributed by atoms with E-state index in [1.165, 1.54) is 4.31 Å². The van der Waals surface area contributed by atoms with Crippen molar-refractivity contribution in [1.82, 2.24) is 14.1 Å². The number of ether oxygens (including phenoxy) is 2. The molecule has 0 radical (unpaired) electrons. The van der Waals surface area contributed by atoms with Gasteiger partial charge in [0, 0.05) is 52.4 Å². The molecule has 2 saturated heterocycles. The lowest BCUT2D eigenvalue weighted by Crippen LogP contribution is -2.52. The van der Waals surface area contributed by atoms with Crippen LogP contribution in [0.5, 0.6) is 5.75 Å². The van der Waals surface area contributed by atoms with Gasteiger partial charge in [-0.3, -0.25) is 9.80 Å². The molecule has 0 spiro atoms. The fourth-order valence-electron chi connectivity index (χ4n) is 3.49. The number of β-amino-alcohol motifs (C(OH)–C–C–N with tert-alkyl or cyclic N) is 1. The standard InChI is InChI=1S/C18H29N3O5S/c1-25-17-2-4-18(5-3-17)27(23,24)21-8-6-19(7-9-21)14-16(22)15-20-10-12-26-13-11-20/h2-5,16,22H,6-15H2,1H3/t16-/m1/s1. The maximum atomic E-state index is 12.8. The fourth-order valence-corrected chi connectivity index (χ4v) is 4.91. The zero-order chi connectivity index (χ0) is 19.3. The summed E-state index contributed by atoms with van der Waals surface area (Å²) in [6.07, 6.45) is -0.437. The van der Waals surface area contributed by atoms with Crippen molar-refractivity contribution < 1.29 is 23.0 Å². The van der Waals surface area contributed by atoms with E-state index in [0.29, 0.717) is 58.2 Å². The van der Waals surface area contributed by atoms with Gasteiger partial charge in [0.05, 0.1) is 31.3 Å². The highest BCUT2D eigenvalue weighted by molar-refractivity contribution is 7.89. The van der Waals surface area contributed by atoms with Crippen LogP contribution in [-0.2, 0) is 14.8 Å². The lowest BCUT2D eigenvalue weighted by Gasteiger charge is -2.36. The summed E-state index contributed by atoms with van der Waals surface area (Å²) < 4.78 is 37.5. The summed E-state index contributed by atoms with van der Waals surface area (Å²) in [6, 6.07) is 6.47. The monoisotopic (exact) mass is 399 g/mol. The van der Waals surface area contributed by atoms with Crippen LogP contribution in [-0.4, -0.2) is 106 Å². The van der Waals surface area contributed by atoms with Crippen LogP contribution in [0.3, 0.4) is 0 Å². The molecule has 3 rings (SSSR count). The second-order valence-corrected chi connectivity index (χ2v) is 8.88. The van der Waals surface area contributed by atoms with Crippen molar-refractivity contribution in [1.29, 1.82) is 0 Å². The Morgan fingerprint density at radius 1 is 1.00 bits per heavy atom. The Morgan fingerprint density at radius 2 is 1.56 bits per heavy atom. The lowest BCUT2D eigenvalue weighted by atomic mass is 10.2. The second-order valence-electron chi connectivity index (χ2n) is 6.95. The molecule has 2 fully saturated rings. The van der Waals surface area contributed by atoms with Crippen molar-refractivity contribution in [3.8, 4) is 5.75 Å². The summed E-state index contributed by atoms with van der Waals surface area (Å²) in [7, 11) is -1.94. The van der Waals surface area contributed by atoms with E-state index in [2.05, 4.69) is 9.80 Å². The number of morpholine rings is 1. The molecule has 9 heteroatoms. The van der Waals surface area contributed by atoms with Gasteiger partial charge in [-0.2, -0.15) is 4.31 Å². The number of hydrogen-bond donors (Lipinski definition) is 1. The summed E-state index contributed by atoms with van der Waals surface area (Å²) in [5, 5.41) is 10.3. The van der Waals surface area contributed by atoms with E-state index in [-0.39, 0.29) is 4.90 Å². The van der Waals surface area contributed by atoms with E-state index < -0.39 is 16.1 Å².